The summed E-state index contributed by atoms with van der Waals surface area (Å²) >= 11 is 3.43. The van der Waals surface area contributed by atoms with Gasteiger partial charge < -0.3 is 0 Å². The van der Waals surface area contributed by atoms with Crippen molar-refractivity contribution in [3.8, 4) is 0 Å². The summed E-state index contributed by atoms with van der Waals surface area (Å²) < 4.78 is 0. The molecule has 0 saturated carbocycles. The normalized spacial score (nSPS) is 13.8. The maximum Gasteiger partial charge on any atom is 0.00943 e. The van der Waals surface area contributed by atoms with Crippen molar-refractivity contribution in [2.75, 3.05) is 5.33 Å². The van der Waals surface area contributed by atoms with Crippen LogP contribution in [0.25, 0.3) is 0 Å². The third kappa shape index (κ3) is 4.71. The van der Waals surface area contributed by atoms with E-state index in [4.69, 9.17) is 0 Å². The van der Waals surface area contributed by atoms with E-state index in [-0.39, 0.29) is 0 Å². The fourth-order valence-electron chi connectivity index (χ4n) is 0.828. The third-order valence-electron chi connectivity index (χ3n) is 1.31. The molecule has 0 aromatic rings. The maximum atomic E-state index is 3.75. The lowest BCUT2D eigenvalue weighted by molar-refractivity contribution is 0.510. The summed E-state index contributed by atoms with van der Waals surface area (Å²) in [6.45, 7) is 8.23. The Morgan fingerprint density at radius 3 is 2.22 bits per heavy atom. The molecule has 0 aromatic carbocycles. The fourth-order valence-corrected chi connectivity index (χ4v) is 1.36. The van der Waals surface area contributed by atoms with Crippen LogP contribution in [0.15, 0.2) is 12.7 Å². The van der Waals surface area contributed by atoms with Crippen LogP contribution in [-0.4, -0.2) is 5.33 Å². The van der Waals surface area contributed by atoms with Gasteiger partial charge in [0.25, 0.3) is 0 Å². The number of rotatable bonds is 4. The Morgan fingerprint density at radius 2 is 2.11 bits per heavy atom. The quantitative estimate of drug-likeness (QED) is 0.472. The molecule has 0 spiro atoms. The summed E-state index contributed by atoms with van der Waals surface area (Å²) in [5.41, 5.74) is 0. The average Bonchev–Trinajstić information content (AvgIpc) is 1.82. The highest BCUT2D eigenvalue weighted by Gasteiger charge is 2.03. The van der Waals surface area contributed by atoms with Crippen molar-refractivity contribution in [1.29, 1.82) is 0 Å². The molecule has 1 atom stereocenters. The van der Waals surface area contributed by atoms with Gasteiger partial charge in [-0.05, 0) is 18.3 Å². The second kappa shape index (κ2) is 5.04. The van der Waals surface area contributed by atoms with Gasteiger partial charge in [0.1, 0.15) is 0 Å². The molecule has 0 aliphatic heterocycles. The topological polar surface area (TPSA) is 0 Å². The second-order valence-corrected chi connectivity index (χ2v) is 3.43. The third-order valence-corrected chi connectivity index (χ3v) is 2.14. The van der Waals surface area contributed by atoms with Gasteiger partial charge in [-0.15, -0.1) is 6.58 Å². The first-order valence-corrected chi connectivity index (χ1v) is 4.51. The van der Waals surface area contributed by atoms with E-state index in [1.54, 1.807) is 0 Å². The summed E-state index contributed by atoms with van der Waals surface area (Å²) in [6, 6.07) is 0. The predicted molar refractivity (Wildman–Crippen MR) is 46.9 cm³/mol. The van der Waals surface area contributed by atoms with E-state index in [1.807, 2.05) is 6.08 Å². The highest BCUT2D eigenvalue weighted by atomic mass is 79.9. The minimum absolute atomic E-state index is 0.657. The molecule has 0 aliphatic carbocycles. The number of hydrogen-bond acceptors (Lipinski definition) is 0. The number of alkyl halides is 1. The van der Waals surface area contributed by atoms with Crippen LogP contribution < -0.4 is 0 Å². The Balaban J connectivity index is 3.42. The van der Waals surface area contributed by atoms with Crippen molar-refractivity contribution in [2.24, 2.45) is 11.8 Å². The van der Waals surface area contributed by atoms with Gasteiger partial charge in [0, 0.05) is 5.33 Å². The van der Waals surface area contributed by atoms with Gasteiger partial charge in [-0.2, -0.15) is 0 Å². The summed E-state index contributed by atoms with van der Waals surface area (Å²) in [4.78, 5) is 0. The zero-order valence-corrected chi connectivity index (χ0v) is 7.82. The largest absolute Gasteiger partial charge is 0.103 e. The molecule has 0 fully saturated rings. The number of hydrogen-bond donors (Lipinski definition) is 0. The van der Waals surface area contributed by atoms with E-state index < -0.39 is 0 Å². The minimum Gasteiger partial charge on any atom is -0.103 e. The molecule has 0 rings (SSSR count). The van der Waals surface area contributed by atoms with E-state index in [0.29, 0.717) is 5.92 Å². The fraction of sp³-hybridized carbons (Fsp3) is 0.750. The van der Waals surface area contributed by atoms with Crippen molar-refractivity contribution in [3.05, 3.63) is 12.7 Å². The van der Waals surface area contributed by atoms with Crippen LogP contribution in [0.1, 0.15) is 20.3 Å². The summed E-state index contributed by atoms with van der Waals surface area (Å²) in [5, 5.41) is 1.05. The van der Waals surface area contributed by atoms with Crippen molar-refractivity contribution < 1.29 is 0 Å². The standard InChI is InChI=1S/C8H15Br/c1-4-8(6-9)5-7(2)3/h4,7-8H,1,5-6H2,2-3H3/t8-/m1/s1. The number of allylic oxidation sites excluding steroid dienone is 1. The monoisotopic (exact) mass is 190 g/mol. The van der Waals surface area contributed by atoms with Crippen LogP contribution >= 0.6 is 15.9 Å². The SMILES string of the molecule is C=C[C@@H](CBr)CC(C)C. The average molecular weight is 191 g/mol. The highest BCUT2D eigenvalue weighted by molar-refractivity contribution is 9.09. The Morgan fingerprint density at radius 1 is 1.56 bits per heavy atom. The molecule has 0 unspecified atom stereocenters. The molecular formula is C8H15Br. The molecule has 0 saturated heterocycles. The molecule has 9 heavy (non-hydrogen) atoms. The molecule has 0 heterocycles. The van der Waals surface area contributed by atoms with E-state index in [9.17, 15) is 0 Å². The van der Waals surface area contributed by atoms with Gasteiger partial charge in [0.05, 0.1) is 0 Å². The Labute approximate surface area is 66.5 Å². The van der Waals surface area contributed by atoms with Gasteiger partial charge in [-0.3, -0.25) is 0 Å². The first kappa shape index (κ1) is 9.22. The van der Waals surface area contributed by atoms with E-state index in [0.717, 1.165) is 11.2 Å². The van der Waals surface area contributed by atoms with Gasteiger partial charge in [0.2, 0.25) is 0 Å². The molecule has 0 radical (unpaired) electrons. The zero-order chi connectivity index (χ0) is 7.28. The molecule has 0 aromatic heterocycles. The summed E-state index contributed by atoms with van der Waals surface area (Å²) in [6.07, 6.45) is 3.27. The molecule has 0 aliphatic rings. The molecule has 0 N–H and O–H groups in total. The Hall–Kier alpha value is 0.220. The molecular weight excluding hydrogens is 176 g/mol. The molecule has 54 valence electrons. The van der Waals surface area contributed by atoms with Crippen LogP contribution in [0.2, 0.25) is 0 Å². The van der Waals surface area contributed by atoms with E-state index in [2.05, 4.69) is 36.4 Å². The van der Waals surface area contributed by atoms with Crippen molar-refractivity contribution in [2.45, 2.75) is 20.3 Å². The van der Waals surface area contributed by atoms with Gasteiger partial charge in [-0.25, -0.2) is 0 Å². The van der Waals surface area contributed by atoms with Crippen LogP contribution in [0.3, 0.4) is 0 Å². The van der Waals surface area contributed by atoms with Crippen molar-refractivity contribution in [1.82, 2.24) is 0 Å². The van der Waals surface area contributed by atoms with Crippen LogP contribution in [0, 0.1) is 11.8 Å². The molecule has 1 heteroatoms. The van der Waals surface area contributed by atoms with Gasteiger partial charge >= 0.3 is 0 Å². The minimum atomic E-state index is 0.657. The molecule has 0 amide bonds. The van der Waals surface area contributed by atoms with Crippen molar-refractivity contribution in [3.63, 3.8) is 0 Å². The molecule has 0 bridgehead atoms. The summed E-state index contributed by atoms with van der Waals surface area (Å²) in [5.74, 6) is 1.44. The van der Waals surface area contributed by atoms with E-state index in [1.165, 1.54) is 6.42 Å². The van der Waals surface area contributed by atoms with Crippen molar-refractivity contribution >= 4 is 15.9 Å². The molecule has 0 nitrogen and oxygen atoms in total. The first-order valence-electron chi connectivity index (χ1n) is 3.39. The lowest BCUT2D eigenvalue weighted by Crippen LogP contribution is -2.01. The smallest absolute Gasteiger partial charge is 0.00943 e. The van der Waals surface area contributed by atoms with Crippen LogP contribution in [0.5, 0.6) is 0 Å². The summed E-state index contributed by atoms with van der Waals surface area (Å²) in [7, 11) is 0. The zero-order valence-electron chi connectivity index (χ0n) is 6.23. The Kier molecular flexibility index (Phi) is 5.16. The second-order valence-electron chi connectivity index (χ2n) is 2.78. The lowest BCUT2D eigenvalue weighted by Gasteiger charge is -2.10. The first-order chi connectivity index (χ1) is 4.20. The predicted octanol–water partition coefficient (Wildman–Crippen LogP) is 3.23. The Bertz CT molecular complexity index is 76.6. The lowest BCUT2D eigenvalue weighted by atomic mass is 9.99. The number of halogens is 1. The van der Waals surface area contributed by atoms with Gasteiger partial charge in [0.15, 0.2) is 0 Å². The highest BCUT2D eigenvalue weighted by Crippen LogP contribution is 2.14. The van der Waals surface area contributed by atoms with Crippen LogP contribution in [0.4, 0.5) is 0 Å². The van der Waals surface area contributed by atoms with E-state index >= 15 is 0 Å². The van der Waals surface area contributed by atoms with Gasteiger partial charge in [-0.1, -0.05) is 35.9 Å². The maximum absolute atomic E-state index is 3.75. The van der Waals surface area contributed by atoms with Crippen LogP contribution in [-0.2, 0) is 0 Å².